The molecule has 2 aliphatic rings. The summed E-state index contributed by atoms with van der Waals surface area (Å²) in [6.07, 6.45) is 2.72. The number of hydrogen-bond acceptors (Lipinski definition) is 3. The molecule has 0 N–H and O–H groups in total. The maximum absolute atomic E-state index is 13.1. The Labute approximate surface area is 181 Å². The van der Waals surface area contributed by atoms with E-state index in [2.05, 4.69) is 0 Å². The minimum Gasteiger partial charge on any atom is -0.350 e. The molecular weight excluding hydrogens is 409 g/mol. The fourth-order valence-corrected chi connectivity index (χ4v) is 4.72. The monoisotopic (exact) mass is 433 g/mol. The molecule has 6 heteroatoms. The van der Waals surface area contributed by atoms with E-state index in [1.54, 1.807) is 0 Å². The van der Waals surface area contributed by atoms with Gasteiger partial charge in [-0.15, -0.1) is 0 Å². The van der Waals surface area contributed by atoms with Gasteiger partial charge in [0.1, 0.15) is 0 Å². The third-order valence-electron chi connectivity index (χ3n) is 5.91. The van der Waals surface area contributed by atoms with Crippen molar-refractivity contribution in [1.82, 2.24) is 4.90 Å². The molecule has 0 unspecified atom stereocenters. The first-order valence-corrected chi connectivity index (χ1v) is 10.8. The molecule has 0 saturated carbocycles. The van der Waals surface area contributed by atoms with Crippen molar-refractivity contribution in [2.24, 2.45) is 0 Å². The van der Waals surface area contributed by atoms with Gasteiger partial charge >= 0.3 is 0 Å². The average molecular weight is 434 g/mol. The van der Waals surface area contributed by atoms with E-state index in [0.717, 1.165) is 30.5 Å². The fourth-order valence-electron chi connectivity index (χ4n) is 4.42. The van der Waals surface area contributed by atoms with Crippen molar-refractivity contribution in [3.8, 4) is 0 Å². The lowest BCUT2D eigenvalue weighted by Crippen LogP contribution is -2.50. The minimum atomic E-state index is -0.270. The van der Waals surface area contributed by atoms with Gasteiger partial charge in [0.25, 0.3) is 0 Å². The van der Waals surface area contributed by atoms with Crippen LogP contribution in [0.3, 0.4) is 0 Å². The van der Waals surface area contributed by atoms with Gasteiger partial charge in [0.2, 0.25) is 5.91 Å². The third kappa shape index (κ3) is 4.77. The number of piperidine rings is 1. The molecule has 154 valence electrons. The number of halogens is 2. The van der Waals surface area contributed by atoms with Crippen molar-refractivity contribution in [2.75, 3.05) is 26.3 Å². The van der Waals surface area contributed by atoms with Crippen molar-refractivity contribution >= 4 is 29.1 Å². The zero-order chi connectivity index (χ0) is 20.3. The van der Waals surface area contributed by atoms with E-state index >= 15 is 0 Å². The number of likely N-dealkylation sites (tertiary alicyclic amines) is 1. The Morgan fingerprint density at radius 3 is 2.55 bits per heavy atom. The van der Waals surface area contributed by atoms with Gasteiger partial charge in [-0.3, -0.25) is 4.79 Å². The highest BCUT2D eigenvalue weighted by molar-refractivity contribution is 6.42. The Balaban J connectivity index is 1.59. The van der Waals surface area contributed by atoms with Crippen molar-refractivity contribution in [2.45, 2.75) is 37.4 Å². The van der Waals surface area contributed by atoms with Crippen LogP contribution in [0.5, 0.6) is 0 Å². The molecule has 29 heavy (non-hydrogen) atoms. The van der Waals surface area contributed by atoms with Crippen LogP contribution in [0.1, 0.15) is 30.4 Å². The number of carbonyl (C=O) groups is 1. The zero-order valence-corrected chi connectivity index (χ0v) is 17.8. The predicted octanol–water partition coefficient (Wildman–Crippen LogP) is 4.86. The Hall–Kier alpha value is -1.59. The molecule has 2 heterocycles. The summed E-state index contributed by atoms with van der Waals surface area (Å²) in [5.74, 6) is 0.147. The molecule has 4 rings (SSSR count). The molecule has 2 aromatic rings. The molecule has 0 bridgehead atoms. The van der Waals surface area contributed by atoms with Crippen LogP contribution in [-0.2, 0) is 26.1 Å². The second-order valence-electron chi connectivity index (χ2n) is 7.87. The van der Waals surface area contributed by atoms with Crippen LogP contribution in [0.4, 0.5) is 0 Å². The molecule has 2 fully saturated rings. The summed E-state index contributed by atoms with van der Waals surface area (Å²) >= 11 is 12.5. The van der Waals surface area contributed by atoms with Crippen molar-refractivity contribution in [3.63, 3.8) is 0 Å². The van der Waals surface area contributed by atoms with Crippen LogP contribution in [0.15, 0.2) is 48.5 Å². The maximum Gasteiger partial charge on any atom is 0.227 e. The van der Waals surface area contributed by atoms with Crippen LogP contribution < -0.4 is 0 Å². The Kier molecular flexibility index (Phi) is 6.45. The number of benzene rings is 2. The lowest BCUT2D eigenvalue weighted by Gasteiger charge is -2.44. The summed E-state index contributed by atoms with van der Waals surface area (Å²) in [6, 6.07) is 15.7. The Morgan fingerprint density at radius 2 is 1.83 bits per heavy atom. The first-order valence-electron chi connectivity index (χ1n) is 10.1. The van der Waals surface area contributed by atoms with Gasteiger partial charge in [-0.2, -0.15) is 0 Å². The molecule has 0 aromatic heterocycles. The number of nitrogens with zero attached hydrogens (tertiary/aromatic N) is 1. The molecule has 1 amide bonds. The highest BCUT2D eigenvalue weighted by Gasteiger charge is 2.42. The lowest BCUT2D eigenvalue weighted by atomic mass is 9.71. The van der Waals surface area contributed by atoms with Gasteiger partial charge in [-0.25, -0.2) is 0 Å². The third-order valence-corrected chi connectivity index (χ3v) is 6.65. The molecule has 0 spiro atoms. The molecular formula is C23H25Cl2NO3. The number of rotatable bonds is 5. The second kappa shape index (κ2) is 9.05. The molecule has 1 atom stereocenters. The maximum atomic E-state index is 13.1. The van der Waals surface area contributed by atoms with Crippen LogP contribution in [0.25, 0.3) is 0 Å². The van der Waals surface area contributed by atoms with E-state index in [0.29, 0.717) is 42.6 Å². The van der Waals surface area contributed by atoms with Gasteiger partial charge in [0, 0.05) is 24.9 Å². The normalized spacial score (nSPS) is 22.8. The number of amides is 1. The summed E-state index contributed by atoms with van der Waals surface area (Å²) in [7, 11) is 0. The smallest absolute Gasteiger partial charge is 0.227 e. The van der Waals surface area contributed by atoms with Crippen molar-refractivity contribution in [1.29, 1.82) is 0 Å². The van der Waals surface area contributed by atoms with Gasteiger partial charge in [0.05, 0.1) is 29.7 Å². The highest BCUT2D eigenvalue weighted by Crippen LogP contribution is 2.41. The SMILES string of the molecule is O=C(Cc1ccccc1)N1CCC[C@](CC2OCCO2)(c2ccc(Cl)c(Cl)c2)C1. The summed E-state index contributed by atoms with van der Waals surface area (Å²) in [6.45, 7) is 2.61. The lowest BCUT2D eigenvalue weighted by molar-refractivity contribution is -0.134. The molecule has 2 saturated heterocycles. The second-order valence-corrected chi connectivity index (χ2v) is 8.68. The fraction of sp³-hybridized carbons (Fsp3) is 0.435. The minimum absolute atomic E-state index is 0.147. The van der Waals surface area contributed by atoms with E-state index in [9.17, 15) is 4.79 Å². The van der Waals surface area contributed by atoms with E-state index in [1.807, 2.05) is 53.4 Å². The first-order chi connectivity index (χ1) is 14.1. The Morgan fingerprint density at radius 1 is 1.07 bits per heavy atom. The van der Waals surface area contributed by atoms with Gasteiger partial charge in [-0.05, 0) is 36.1 Å². The van der Waals surface area contributed by atoms with Gasteiger partial charge in [0.15, 0.2) is 6.29 Å². The van der Waals surface area contributed by atoms with Crippen LogP contribution >= 0.6 is 23.2 Å². The van der Waals surface area contributed by atoms with E-state index < -0.39 is 0 Å². The summed E-state index contributed by atoms with van der Waals surface area (Å²) in [5.41, 5.74) is 1.85. The largest absolute Gasteiger partial charge is 0.350 e. The number of hydrogen-bond donors (Lipinski definition) is 0. The molecule has 2 aromatic carbocycles. The van der Waals surface area contributed by atoms with E-state index in [4.69, 9.17) is 32.7 Å². The molecule has 4 nitrogen and oxygen atoms in total. The predicted molar refractivity (Wildman–Crippen MR) is 114 cm³/mol. The van der Waals surface area contributed by atoms with Crippen molar-refractivity contribution < 1.29 is 14.3 Å². The van der Waals surface area contributed by atoms with Crippen LogP contribution in [-0.4, -0.2) is 43.4 Å². The van der Waals surface area contributed by atoms with Gasteiger partial charge in [-0.1, -0.05) is 59.6 Å². The molecule has 2 aliphatic heterocycles. The first kappa shape index (κ1) is 20.7. The average Bonchev–Trinajstić information content (AvgIpc) is 3.23. The summed E-state index contributed by atoms with van der Waals surface area (Å²) < 4.78 is 11.5. The summed E-state index contributed by atoms with van der Waals surface area (Å²) in [5, 5.41) is 1.07. The molecule has 0 aliphatic carbocycles. The number of ether oxygens (including phenoxy) is 2. The Bertz CT molecular complexity index is 854. The standard InChI is InChI=1S/C23H25Cl2NO3/c24-19-8-7-18(14-20(19)25)23(15-22-28-11-12-29-22)9-4-10-26(16-23)21(27)13-17-5-2-1-3-6-17/h1-3,5-8,14,22H,4,9-13,15-16H2/t23-/m1/s1. The molecule has 0 radical (unpaired) electrons. The topological polar surface area (TPSA) is 38.8 Å². The van der Waals surface area contributed by atoms with Crippen molar-refractivity contribution in [3.05, 3.63) is 69.7 Å². The van der Waals surface area contributed by atoms with Crippen LogP contribution in [0.2, 0.25) is 10.0 Å². The van der Waals surface area contributed by atoms with Gasteiger partial charge < -0.3 is 14.4 Å². The van der Waals surface area contributed by atoms with Crippen LogP contribution in [0, 0.1) is 0 Å². The quantitative estimate of drug-likeness (QED) is 0.675. The number of carbonyl (C=O) groups excluding carboxylic acids is 1. The van der Waals surface area contributed by atoms with E-state index in [-0.39, 0.29) is 17.6 Å². The zero-order valence-electron chi connectivity index (χ0n) is 16.3. The highest BCUT2D eigenvalue weighted by atomic mass is 35.5. The summed E-state index contributed by atoms with van der Waals surface area (Å²) in [4.78, 5) is 15.0. The van der Waals surface area contributed by atoms with E-state index in [1.165, 1.54) is 0 Å².